The molecule has 0 amide bonds. The van der Waals surface area contributed by atoms with Crippen LogP contribution in [0, 0.1) is 5.82 Å². The summed E-state index contributed by atoms with van der Waals surface area (Å²) in [5, 5.41) is 0. The number of hydrogen-bond acceptors (Lipinski definition) is 5. The first-order valence-corrected chi connectivity index (χ1v) is 11.2. The first kappa shape index (κ1) is 24.7. The summed E-state index contributed by atoms with van der Waals surface area (Å²) in [5.74, 6) is -1.00. The highest BCUT2D eigenvalue weighted by Crippen LogP contribution is 2.20. The van der Waals surface area contributed by atoms with Gasteiger partial charge >= 0.3 is 5.69 Å². The number of aryl methyl sites for hydroxylation is 1. The van der Waals surface area contributed by atoms with Crippen molar-refractivity contribution in [3.05, 3.63) is 62.7 Å². The number of aromatic amines is 1. The summed E-state index contributed by atoms with van der Waals surface area (Å²) in [5.41, 5.74) is -1.25. The summed E-state index contributed by atoms with van der Waals surface area (Å²) in [6.07, 6.45) is -0.610. The van der Waals surface area contributed by atoms with E-state index in [9.17, 15) is 31.2 Å². The van der Waals surface area contributed by atoms with Crippen molar-refractivity contribution in [2.24, 2.45) is 0 Å². The van der Waals surface area contributed by atoms with Crippen LogP contribution in [0.15, 0.2) is 40.1 Å². The third-order valence-electron chi connectivity index (χ3n) is 4.37. The molecule has 12 heteroatoms. The van der Waals surface area contributed by atoms with Crippen LogP contribution < -0.4 is 20.7 Å². The molecule has 0 unspecified atom stereocenters. The third kappa shape index (κ3) is 8.21. The Hall–Kier alpha value is -2.60. The Morgan fingerprint density at radius 3 is 2.65 bits per heavy atom. The maximum absolute atomic E-state index is 13.2. The van der Waals surface area contributed by atoms with E-state index in [4.69, 9.17) is 4.74 Å². The number of aromatic nitrogens is 2. The molecule has 1 aromatic heterocycles. The van der Waals surface area contributed by atoms with Crippen LogP contribution in [-0.2, 0) is 16.6 Å². The second-order valence-electron chi connectivity index (χ2n) is 6.92. The number of nitrogens with one attached hydrogen (secondary N) is 2. The zero-order chi connectivity index (χ0) is 23.0. The molecule has 2 rings (SSSR count). The van der Waals surface area contributed by atoms with Crippen LogP contribution in [0.4, 0.5) is 13.2 Å². The van der Waals surface area contributed by atoms with E-state index in [0.29, 0.717) is 24.8 Å². The first-order valence-electron chi connectivity index (χ1n) is 9.57. The topological polar surface area (TPSA) is 110 Å². The molecular formula is C19H24F3N3O5S. The molecule has 0 aliphatic carbocycles. The van der Waals surface area contributed by atoms with E-state index in [0.717, 1.165) is 10.8 Å². The highest BCUT2D eigenvalue weighted by atomic mass is 32.2. The van der Waals surface area contributed by atoms with Gasteiger partial charge in [-0.15, -0.1) is 0 Å². The summed E-state index contributed by atoms with van der Waals surface area (Å²) in [4.78, 5) is 24.4. The molecule has 1 atom stereocenters. The summed E-state index contributed by atoms with van der Waals surface area (Å²) < 4.78 is 70.8. The Balaban J connectivity index is 1.81. The lowest BCUT2D eigenvalue weighted by molar-refractivity contribution is 0.0818. The van der Waals surface area contributed by atoms with Gasteiger partial charge in [0.15, 0.2) is 0 Å². The molecule has 0 aliphatic heterocycles. The number of sulfonamides is 1. The van der Waals surface area contributed by atoms with Gasteiger partial charge in [-0.3, -0.25) is 14.3 Å². The fourth-order valence-corrected chi connectivity index (χ4v) is 4.21. The van der Waals surface area contributed by atoms with Gasteiger partial charge in [-0.1, -0.05) is 18.6 Å². The Kier molecular flexibility index (Phi) is 8.87. The van der Waals surface area contributed by atoms with E-state index in [-0.39, 0.29) is 18.0 Å². The molecule has 8 nitrogen and oxygen atoms in total. The lowest BCUT2D eigenvalue weighted by Gasteiger charge is -2.16. The lowest BCUT2D eigenvalue weighted by Crippen LogP contribution is -2.31. The van der Waals surface area contributed by atoms with Crippen molar-refractivity contribution in [2.75, 3.05) is 12.4 Å². The number of nitrogens with zero attached hydrogens (tertiary/aromatic N) is 1. The van der Waals surface area contributed by atoms with Crippen molar-refractivity contribution in [1.29, 1.82) is 0 Å². The van der Waals surface area contributed by atoms with Gasteiger partial charge in [0.05, 0.1) is 11.9 Å². The monoisotopic (exact) mass is 463 g/mol. The molecule has 0 spiro atoms. The smallest absolute Gasteiger partial charge is 0.328 e. The molecule has 172 valence electrons. The Labute approximate surface area is 177 Å². The predicted molar refractivity (Wildman–Crippen MR) is 108 cm³/mol. The van der Waals surface area contributed by atoms with Crippen LogP contribution in [-0.4, -0.2) is 36.8 Å². The van der Waals surface area contributed by atoms with E-state index in [1.807, 2.05) is 4.98 Å². The van der Waals surface area contributed by atoms with Crippen molar-refractivity contribution < 1.29 is 26.3 Å². The molecule has 0 fully saturated rings. The van der Waals surface area contributed by atoms with Gasteiger partial charge in [0.1, 0.15) is 12.4 Å². The molecule has 0 bridgehead atoms. The quantitative estimate of drug-likeness (QED) is 0.469. The molecule has 0 radical (unpaired) electrons. The van der Waals surface area contributed by atoms with Crippen LogP contribution in [0.1, 0.15) is 37.8 Å². The second kappa shape index (κ2) is 11.1. The SMILES string of the molecule is C[C@@H](NS(=O)(=O)CCCCCn1cc(F)c(=O)[nH]c1=O)c1cccc(OCC(F)F)c1. The number of halogens is 3. The van der Waals surface area contributed by atoms with Gasteiger partial charge in [-0.2, -0.15) is 4.39 Å². The van der Waals surface area contributed by atoms with E-state index in [1.165, 1.54) is 12.1 Å². The van der Waals surface area contributed by atoms with Crippen LogP contribution in [0.3, 0.4) is 0 Å². The third-order valence-corrected chi connectivity index (χ3v) is 5.91. The van der Waals surface area contributed by atoms with E-state index in [1.54, 1.807) is 19.1 Å². The van der Waals surface area contributed by atoms with Crippen LogP contribution in [0.5, 0.6) is 5.75 Å². The number of H-pyrrole nitrogens is 1. The minimum absolute atomic E-state index is 0.141. The summed E-state index contributed by atoms with van der Waals surface area (Å²) in [7, 11) is -3.62. The number of unbranched alkanes of at least 4 members (excludes halogenated alkanes) is 2. The summed E-state index contributed by atoms with van der Waals surface area (Å²) in [6.45, 7) is 1.02. The first-order chi connectivity index (χ1) is 14.6. The number of hydrogen-bond donors (Lipinski definition) is 2. The van der Waals surface area contributed by atoms with Gasteiger partial charge in [-0.05, 0) is 37.5 Å². The molecule has 2 aromatic rings. The van der Waals surface area contributed by atoms with E-state index < -0.39 is 46.2 Å². The van der Waals surface area contributed by atoms with E-state index >= 15 is 0 Å². The maximum atomic E-state index is 13.2. The van der Waals surface area contributed by atoms with Crippen molar-refractivity contribution in [3.8, 4) is 5.75 Å². The molecule has 0 saturated heterocycles. The minimum atomic E-state index is -3.62. The van der Waals surface area contributed by atoms with Gasteiger partial charge in [0, 0.05) is 12.6 Å². The molecule has 2 N–H and O–H groups in total. The number of rotatable bonds is 12. The molecule has 1 heterocycles. The average Bonchev–Trinajstić information content (AvgIpc) is 2.69. The predicted octanol–water partition coefficient (Wildman–Crippen LogP) is 2.17. The highest BCUT2D eigenvalue weighted by Gasteiger charge is 2.16. The zero-order valence-electron chi connectivity index (χ0n) is 16.8. The van der Waals surface area contributed by atoms with Crippen molar-refractivity contribution in [3.63, 3.8) is 0 Å². The number of benzene rings is 1. The molecule has 31 heavy (non-hydrogen) atoms. The van der Waals surface area contributed by atoms with Gasteiger partial charge in [0.2, 0.25) is 15.8 Å². The molecule has 0 saturated carbocycles. The standard InChI is InChI=1S/C19H24F3N3O5S/c1-13(14-6-5-7-15(10-14)30-12-17(21)22)24-31(28,29)9-4-2-3-8-25-11-16(20)18(26)23-19(25)27/h5-7,10-11,13,17,24H,2-4,8-9,12H2,1H3,(H,23,26,27)/t13-/m1/s1. The highest BCUT2D eigenvalue weighted by molar-refractivity contribution is 7.89. The van der Waals surface area contributed by atoms with Gasteiger partial charge < -0.3 is 4.74 Å². The van der Waals surface area contributed by atoms with Gasteiger partial charge in [0.25, 0.3) is 12.0 Å². The van der Waals surface area contributed by atoms with Crippen LogP contribution in [0.25, 0.3) is 0 Å². The zero-order valence-corrected chi connectivity index (χ0v) is 17.6. The molecular weight excluding hydrogens is 439 g/mol. The summed E-state index contributed by atoms with van der Waals surface area (Å²) >= 11 is 0. The Bertz CT molecular complexity index is 1090. The number of ether oxygens (including phenoxy) is 1. The largest absolute Gasteiger partial charge is 0.488 e. The Morgan fingerprint density at radius 2 is 1.94 bits per heavy atom. The normalized spacial score (nSPS) is 12.8. The van der Waals surface area contributed by atoms with E-state index in [2.05, 4.69) is 4.72 Å². The fourth-order valence-electron chi connectivity index (χ4n) is 2.83. The molecule has 1 aromatic carbocycles. The summed E-state index contributed by atoms with van der Waals surface area (Å²) in [6, 6.07) is 5.65. The number of alkyl halides is 2. The van der Waals surface area contributed by atoms with Crippen LogP contribution >= 0.6 is 0 Å². The second-order valence-corrected chi connectivity index (χ2v) is 8.80. The maximum Gasteiger partial charge on any atom is 0.328 e. The van der Waals surface area contributed by atoms with Crippen LogP contribution in [0.2, 0.25) is 0 Å². The molecule has 0 aliphatic rings. The van der Waals surface area contributed by atoms with Crippen molar-refractivity contribution in [1.82, 2.24) is 14.3 Å². The lowest BCUT2D eigenvalue weighted by atomic mass is 10.1. The van der Waals surface area contributed by atoms with Crippen molar-refractivity contribution in [2.45, 2.75) is 45.2 Å². The van der Waals surface area contributed by atoms with Crippen molar-refractivity contribution >= 4 is 10.0 Å². The average molecular weight is 463 g/mol. The fraction of sp³-hybridized carbons (Fsp3) is 0.474. The minimum Gasteiger partial charge on any atom is -0.488 e. The Morgan fingerprint density at radius 1 is 1.19 bits per heavy atom. The van der Waals surface area contributed by atoms with Gasteiger partial charge in [-0.25, -0.2) is 26.7 Å².